The predicted molar refractivity (Wildman–Crippen MR) is 148 cm³/mol. The van der Waals surface area contributed by atoms with Crippen LogP contribution in [0.5, 0.6) is 11.5 Å². The Labute approximate surface area is 221 Å². The van der Waals surface area contributed by atoms with Crippen LogP contribution in [-0.4, -0.2) is 42.2 Å². The third-order valence-electron chi connectivity index (χ3n) is 6.06. The molecule has 0 saturated carbocycles. The molecule has 0 radical (unpaired) electrons. The van der Waals surface area contributed by atoms with E-state index in [4.69, 9.17) is 14.5 Å². The van der Waals surface area contributed by atoms with Crippen molar-refractivity contribution >= 4 is 23.1 Å². The summed E-state index contributed by atoms with van der Waals surface area (Å²) in [5.74, 6) is 1.54. The molecule has 4 rings (SSSR count). The maximum absolute atomic E-state index is 13.6. The van der Waals surface area contributed by atoms with E-state index in [1.165, 1.54) is 11.8 Å². The molecule has 0 amide bonds. The number of benzene rings is 3. The van der Waals surface area contributed by atoms with E-state index in [0.717, 1.165) is 28.0 Å². The predicted octanol–water partition coefficient (Wildman–Crippen LogP) is 5.33. The highest BCUT2D eigenvalue weighted by molar-refractivity contribution is 5.82. The van der Waals surface area contributed by atoms with E-state index in [-0.39, 0.29) is 18.1 Å². The minimum Gasteiger partial charge on any atom is -0.494 e. The lowest BCUT2D eigenvalue weighted by Gasteiger charge is -2.18. The third-order valence-corrected chi connectivity index (χ3v) is 6.06. The minimum absolute atomic E-state index is 0.175. The number of para-hydroxylation sites is 1. The van der Waals surface area contributed by atoms with E-state index in [9.17, 15) is 9.59 Å². The number of aryl methyl sites for hydroxylation is 1. The van der Waals surface area contributed by atoms with Crippen LogP contribution in [0.4, 0.5) is 0 Å². The van der Waals surface area contributed by atoms with Crippen LogP contribution >= 0.6 is 0 Å². The quantitative estimate of drug-likeness (QED) is 0.222. The Hall–Kier alpha value is -4.46. The summed E-state index contributed by atoms with van der Waals surface area (Å²) in [6.07, 6.45) is 1.60. The highest BCUT2D eigenvalue weighted by atomic mass is 16.6. The second-order valence-corrected chi connectivity index (χ2v) is 9.04. The van der Waals surface area contributed by atoms with Crippen molar-refractivity contribution in [1.82, 2.24) is 9.66 Å². The summed E-state index contributed by atoms with van der Waals surface area (Å²) in [6, 6.07) is 18.3. The molecule has 0 aliphatic rings. The molecule has 0 atom stereocenters. The van der Waals surface area contributed by atoms with Gasteiger partial charge in [0.1, 0.15) is 11.5 Å². The smallest absolute Gasteiger partial charge is 0.343 e. The highest BCUT2D eigenvalue weighted by Gasteiger charge is 2.18. The molecular formula is C30H31N3O5. The summed E-state index contributed by atoms with van der Waals surface area (Å²) >= 11 is 0. The van der Waals surface area contributed by atoms with Gasteiger partial charge < -0.3 is 14.2 Å². The topological polar surface area (TPSA) is 92.0 Å². The molecule has 1 heterocycles. The van der Waals surface area contributed by atoms with Crippen molar-refractivity contribution in [2.45, 2.75) is 33.6 Å². The largest absolute Gasteiger partial charge is 0.494 e. The number of methoxy groups -OCH3 is 1. The molecule has 0 unspecified atom stereocenters. The number of hydrogen-bond acceptors (Lipinski definition) is 7. The van der Waals surface area contributed by atoms with Crippen LogP contribution in [0, 0.1) is 6.92 Å². The van der Waals surface area contributed by atoms with Crippen LogP contribution in [0.1, 0.15) is 43.4 Å². The number of nitrogens with zero attached hydrogens (tertiary/aromatic N) is 3. The number of fused-ring (bicyclic) bond motifs is 1. The van der Waals surface area contributed by atoms with Crippen LogP contribution in [0.3, 0.4) is 0 Å². The van der Waals surface area contributed by atoms with E-state index < -0.39 is 5.97 Å². The summed E-state index contributed by atoms with van der Waals surface area (Å²) in [5.41, 5.74) is 3.85. The number of carbonyl (C=O) groups is 1. The lowest BCUT2D eigenvalue weighted by molar-refractivity contribution is -0.142. The Morgan fingerprint density at radius 1 is 1.08 bits per heavy atom. The number of esters is 1. The third kappa shape index (κ3) is 5.75. The number of rotatable bonds is 9. The molecule has 0 fully saturated rings. The summed E-state index contributed by atoms with van der Waals surface area (Å²) in [7, 11) is 1.31. The van der Waals surface area contributed by atoms with Gasteiger partial charge in [-0.05, 0) is 85.0 Å². The van der Waals surface area contributed by atoms with Crippen molar-refractivity contribution in [2.75, 3.05) is 20.3 Å². The molecule has 8 heteroatoms. The van der Waals surface area contributed by atoms with Gasteiger partial charge in [-0.1, -0.05) is 26.0 Å². The average Bonchev–Trinajstić information content (AvgIpc) is 2.92. The van der Waals surface area contributed by atoms with Crippen LogP contribution in [0.15, 0.2) is 70.6 Å². The molecule has 0 spiro atoms. The van der Waals surface area contributed by atoms with Gasteiger partial charge in [0.15, 0.2) is 12.4 Å². The fourth-order valence-electron chi connectivity index (χ4n) is 4.05. The first-order chi connectivity index (χ1) is 18.3. The molecule has 196 valence electrons. The molecule has 0 aliphatic heterocycles. The molecule has 3 aromatic carbocycles. The van der Waals surface area contributed by atoms with Crippen LogP contribution in [-0.2, 0) is 9.53 Å². The SMILES string of the molecule is CCOc1cc(C)c(-c2nc3ccccc3c(=O)n2N=Cc2ccc(OCC(=O)OC)cc2)cc1C(C)C. The van der Waals surface area contributed by atoms with Crippen molar-refractivity contribution in [3.05, 3.63) is 87.7 Å². The molecule has 0 N–H and O–H groups in total. The molecule has 0 saturated heterocycles. The fraction of sp³-hybridized carbons (Fsp3) is 0.267. The minimum atomic E-state index is -0.462. The first-order valence-electron chi connectivity index (χ1n) is 12.5. The second kappa shape index (κ2) is 11.7. The van der Waals surface area contributed by atoms with E-state index in [2.05, 4.69) is 23.7 Å². The summed E-state index contributed by atoms with van der Waals surface area (Å²) in [5, 5.41) is 5.04. The zero-order valence-electron chi connectivity index (χ0n) is 22.2. The molecule has 4 aromatic rings. The van der Waals surface area contributed by atoms with E-state index in [1.54, 1.807) is 36.5 Å². The highest BCUT2D eigenvalue weighted by Crippen LogP contribution is 2.34. The average molecular weight is 514 g/mol. The van der Waals surface area contributed by atoms with E-state index >= 15 is 0 Å². The van der Waals surface area contributed by atoms with Crippen LogP contribution < -0.4 is 15.0 Å². The Kier molecular flexibility index (Phi) is 8.21. The first kappa shape index (κ1) is 26.6. The molecule has 1 aromatic heterocycles. The van der Waals surface area contributed by atoms with Gasteiger partial charge >= 0.3 is 5.97 Å². The zero-order chi connectivity index (χ0) is 27.2. The monoisotopic (exact) mass is 513 g/mol. The number of ether oxygens (including phenoxy) is 3. The Morgan fingerprint density at radius 3 is 2.50 bits per heavy atom. The zero-order valence-corrected chi connectivity index (χ0v) is 22.2. The maximum Gasteiger partial charge on any atom is 0.343 e. The van der Waals surface area contributed by atoms with Crippen molar-refractivity contribution in [1.29, 1.82) is 0 Å². The number of carbonyl (C=O) groups excluding carboxylic acids is 1. The van der Waals surface area contributed by atoms with Gasteiger partial charge in [0.2, 0.25) is 0 Å². The lowest BCUT2D eigenvalue weighted by Crippen LogP contribution is -2.20. The molecule has 38 heavy (non-hydrogen) atoms. The molecular weight excluding hydrogens is 482 g/mol. The van der Waals surface area contributed by atoms with Gasteiger partial charge in [0.25, 0.3) is 5.56 Å². The van der Waals surface area contributed by atoms with E-state index in [0.29, 0.717) is 29.1 Å². The number of aromatic nitrogens is 2. The van der Waals surface area contributed by atoms with Crippen LogP contribution in [0.2, 0.25) is 0 Å². The van der Waals surface area contributed by atoms with Crippen molar-refractivity contribution < 1.29 is 19.0 Å². The lowest BCUT2D eigenvalue weighted by atomic mass is 9.96. The van der Waals surface area contributed by atoms with Crippen molar-refractivity contribution in [3.63, 3.8) is 0 Å². The fourth-order valence-corrected chi connectivity index (χ4v) is 4.05. The summed E-state index contributed by atoms with van der Waals surface area (Å²) in [4.78, 5) is 29.8. The summed E-state index contributed by atoms with van der Waals surface area (Å²) in [6.45, 7) is 8.54. The molecule has 8 nitrogen and oxygen atoms in total. The van der Waals surface area contributed by atoms with E-state index in [1.807, 2.05) is 44.2 Å². The standard InChI is InChI=1S/C30H31N3O5/c1-6-37-27-15-20(4)25(16-24(27)19(2)3)29-32-26-10-8-7-9-23(26)30(35)33(29)31-17-21-11-13-22(14-12-21)38-18-28(34)36-5/h7-17,19H,6,18H2,1-5H3. The Bertz CT molecular complexity index is 1540. The second-order valence-electron chi connectivity index (χ2n) is 9.04. The Balaban J connectivity index is 1.80. The van der Waals surface area contributed by atoms with Gasteiger partial charge in [-0.25, -0.2) is 9.78 Å². The van der Waals surface area contributed by atoms with Gasteiger partial charge in [-0.2, -0.15) is 9.78 Å². The van der Waals surface area contributed by atoms with Gasteiger partial charge in [-0.15, -0.1) is 0 Å². The molecule has 0 bridgehead atoms. The van der Waals surface area contributed by atoms with Gasteiger partial charge in [-0.3, -0.25) is 4.79 Å². The van der Waals surface area contributed by atoms with Crippen molar-refractivity contribution in [3.8, 4) is 22.9 Å². The maximum atomic E-state index is 13.6. The number of hydrogen-bond donors (Lipinski definition) is 0. The van der Waals surface area contributed by atoms with Crippen molar-refractivity contribution in [2.24, 2.45) is 5.10 Å². The normalized spacial score (nSPS) is 11.3. The van der Waals surface area contributed by atoms with Gasteiger partial charge in [0, 0.05) is 5.56 Å². The first-order valence-corrected chi connectivity index (χ1v) is 12.5. The Morgan fingerprint density at radius 2 is 1.82 bits per heavy atom. The molecule has 0 aliphatic carbocycles. The van der Waals surface area contributed by atoms with Gasteiger partial charge in [0.05, 0.1) is 30.8 Å². The van der Waals surface area contributed by atoms with Crippen LogP contribution in [0.25, 0.3) is 22.3 Å². The summed E-state index contributed by atoms with van der Waals surface area (Å²) < 4.78 is 17.2.